The van der Waals surface area contributed by atoms with Crippen molar-refractivity contribution in [2.24, 2.45) is 0 Å². The molecule has 2 aromatic carbocycles. The molecule has 110 valence electrons. The number of halogens is 1. The van der Waals surface area contributed by atoms with Gasteiger partial charge in [0, 0.05) is 4.47 Å². The van der Waals surface area contributed by atoms with Crippen molar-refractivity contribution < 1.29 is 19.4 Å². The van der Waals surface area contributed by atoms with Crippen molar-refractivity contribution in [3.8, 4) is 5.75 Å². The number of hydrogen-bond donors (Lipinski definition) is 1. The van der Waals surface area contributed by atoms with Crippen LogP contribution in [0.3, 0.4) is 0 Å². The highest BCUT2D eigenvalue weighted by Crippen LogP contribution is 2.17. The monoisotopic (exact) mass is 350 g/mol. The lowest BCUT2D eigenvalue weighted by Gasteiger charge is -2.09. The maximum Gasteiger partial charge on any atom is 0.339 e. The zero-order valence-corrected chi connectivity index (χ0v) is 12.9. The van der Waals surface area contributed by atoms with Gasteiger partial charge in [-0.1, -0.05) is 40.2 Å². The predicted octanol–water partition coefficient (Wildman–Crippen LogP) is 3.74. The maximum atomic E-state index is 11.0. The zero-order chi connectivity index (χ0) is 15.1. The van der Waals surface area contributed by atoms with Crippen LogP contribution in [0, 0.1) is 0 Å². The highest BCUT2D eigenvalue weighted by atomic mass is 79.9. The fraction of sp³-hybridized carbons (Fsp3) is 0.188. The summed E-state index contributed by atoms with van der Waals surface area (Å²) in [5.74, 6) is -0.640. The number of rotatable bonds is 7. The third-order valence-electron chi connectivity index (χ3n) is 2.78. The van der Waals surface area contributed by atoms with E-state index in [2.05, 4.69) is 15.9 Å². The molecule has 5 heteroatoms. The molecular weight excluding hydrogens is 336 g/mol. The van der Waals surface area contributed by atoms with Crippen molar-refractivity contribution in [2.75, 3.05) is 13.2 Å². The standard InChI is InChI=1S/C16H15BrO4/c17-13-7-5-12(6-8-13)11-20-9-10-21-15-4-2-1-3-14(15)16(18)19/h1-8H,9-11H2,(H,18,19). The Morgan fingerprint density at radius 1 is 1.05 bits per heavy atom. The second-order valence-corrected chi connectivity index (χ2v) is 5.24. The molecule has 0 aliphatic heterocycles. The van der Waals surface area contributed by atoms with Gasteiger partial charge in [0.2, 0.25) is 0 Å². The Morgan fingerprint density at radius 2 is 1.76 bits per heavy atom. The SMILES string of the molecule is O=C(O)c1ccccc1OCCOCc1ccc(Br)cc1. The second kappa shape index (κ2) is 7.81. The molecule has 0 unspecified atom stereocenters. The number of carbonyl (C=O) groups is 1. The molecule has 0 saturated heterocycles. The third-order valence-corrected chi connectivity index (χ3v) is 3.31. The van der Waals surface area contributed by atoms with Gasteiger partial charge in [-0.05, 0) is 29.8 Å². The van der Waals surface area contributed by atoms with Gasteiger partial charge in [-0.25, -0.2) is 4.79 Å². The average molecular weight is 351 g/mol. The summed E-state index contributed by atoms with van der Waals surface area (Å²) in [6.45, 7) is 1.20. The molecule has 0 aromatic heterocycles. The minimum Gasteiger partial charge on any atom is -0.490 e. The van der Waals surface area contributed by atoms with Crippen LogP contribution in [0.5, 0.6) is 5.75 Å². The maximum absolute atomic E-state index is 11.0. The number of benzene rings is 2. The van der Waals surface area contributed by atoms with E-state index in [1.165, 1.54) is 6.07 Å². The lowest BCUT2D eigenvalue weighted by atomic mass is 10.2. The first kappa shape index (κ1) is 15.5. The van der Waals surface area contributed by atoms with Crippen LogP contribution in [0.4, 0.5) is 0 Å². The Hall–Kier alpha value is -1.85. The van der Waals surface area contributed by atoms with Crippen molar-refractivity contribution in [1.82, 2.24) is 0 Å². The Bertz CT molecular complexity index is 595. The molecule has 4 nitrogen and oxygen atoms in total. The van der Waals surface area contributed by atoms with Gasteiger partial charge >= 0.3 is 5.97 Å². The van der Waals surface area contributed by atoms with Gasteiger partial charge in [-0.3, -0.25) is 0 Å². The molecule has 0 radical (unpaired) electrons. The van der Waals surface area contributed by atoms with Gasteiger partial charge in [-0.15, -0.1) is 0 Å². The van der Waals surface area contributed by atoms with Crippen LogP contribution < -0.4 is 4.74 Å². The molecule has 0 saturated carbocycles. The quantitative estimate of drug-likeness (QED) is 0.772. The number of carboxylic acids is 1. The van der Waals surface area contributed by atoms with E-state index in [4.69, 9.17) is 14.6 Å². The zero-order valence-electron chi connectivity index (χ0n) is 11.3. The molecule has 0 bridgehead atoms. The van der Waals surface area contributed by atoms with Gasteiger partial charge in [0.15, 0.2) is 0 Å². The van der Waals surface area contributed by atoms with Gasteiger partial charge in [0.1, 0.15) is 17.9 Å². The Labute approximate surface area is 131 Å². The molecule has 0 fully saturated rings. The third kappa shape index (κ3) is 4.88. The van der Waals surface area contributed by atoms with Gasteiger partial charge < -0.3 is 14.6 Å². The molecule has 0 aliphatic carbocycles. The normalized spacial score (nSPS) is 10.3. The predicted molar refractivity (Wildman–Crippen MR) is 82.7 cm³/mol. The van der Waals surface area contributed by atoms with Crippen LogP contribution in [-0.2, 0) is 11.3 Å². The number of hydrogen-bond acceptors (Lipinski definition) is 3. The Balaban J connectivity index is 1.75. The summed E-state index contributed by atoms with van der Waals surface area (Å²) in [5, 5.41) is 9.02. The van der Waals surface area contributed by atoms with E-state index in [0.717, 1.165) is 10.0 Å². The number of ether oxygens (including phenoxy) is 2. The first-order chi connectivity index (χ1) is 10.2. The van der Waals surface area contributed by atoms with Crippen LogP contribution in [0.15, 0.2) is 53.0 Å². The molecule has 0 heterocycles. The number of para-hydroxylation sites is 1. The summed E-state index contributed by atoms with van der Waals surface area (Å²) in [6.07, 6.45) is 0. The first-order valence-corrected chi connectivity index (χ1v) is 7.23. The Kier molecular flexibility index (Phi) is 5.78. The van der Waals surface area contributed by atoms with Crippen LogP contribution in [0.1, 0.15) is 15.9 Å². The molecule has 0 atom stereocenters. The second-order valence-electron chi connectivity index (χ2n) is 4.33. The summed E-state index contributed by atoms with van der Waals surface area (Å²) < 4.78 is 12.0. The average Bonchev–Trinajstić information content (AvgIpc) is 2.49. The molecule has 0 amide bonds. The topological polar surface area (TPSA) is 55.8 Å². The van der Waals surface area contributed by atoms with Crippen LogP contribution in [0.2, 0.25) is 0 Å². The Morgan fingerprint density at radius 3 is 2.48 bits per heavy atom. The van der Waals surface area contributed by atoms with Gasteiger partial charge in [-0.2, -0.15) is 0 Å². The fourth-order valence-electron chi connectivity index (χ4n) is 1.75. The van der Waals surface area contributed by atoms with Crippen LogP contribution in [-0.4, -0.2) is 24.3 Å². The minimum atomic E-state index is -0.999. The van der Waals surface area contributed by atoms with Gasteiger partial charge in [0.05, 0.1) is 13.2 Å². The summed E-state index contributed by atoms with van der Waals surface area (Å²) in [4.78, 5) is 11.0. The van der Waals surface area contributed by atoms with Crippen molar-refractivity contribution in [2.45, 2.75) is 6.61 Å². The van der Waals surface area contributed by atoms with Crippen molar-refractivity contribution in [3.05, 3.63) is 64.1 Å². The molecule has 2 rings (SSSR count). The van der Waals surface area contributed by atoms with E-state index in [1.807, 2.05) is 24.3 Å². The van der Waals surface area contributed by atoms with Crippen LogP contribution >= 0.6 is 15.9 Å². The van der Waals surface area contributed by atoms with Gasteiger partial charge in [0.25, 0.3) is 0 Å². The van der Waals surface area contributed by atoms with E-state index < -0.39 is 5.97 Å². The van der Waals surface area contributed by atoms with E-state index in [0.29, 0.717) is 25.6 Å². The first-order valence-electron chi connectivity index (χ1n) is 6.44. The summed E-state index contributed by atoms with van der Waals surface area (Å²) in [6, 6.07) is 14.4. The van der Waals surface area contributed by atoms with Crippen molar-refractivity contribution in [1.29, 1.82) is 0 Å². The smallest absolute Gasteiger partial charge is 0.339 e. The minimum absolute atomic E-state index is 0.158. The molecule has 21 heavy (non-hydrogen) atoms. The molecular formula is C16H15BrO4. The number of aromatic carboxylic acids is 1. The van der Waals surface area contributed by atoms with Crippen LogP contribution in [0.25, 0.3) is 0 Å². The summed E-state index contributed by atoms with van der Waals surface area (Å²) >= 11 is 3.37. The number of carboxylic acid groups (broad SMARTS) is 1. The van der Waals surface area contributed by atoms with E-state index in [9.17, 15) is 4.79 Å². The highest BCUT2D eigenvalue weighted by molar-refractivity contribution is 9.10. The molecule has 1 N–H and O–H groups in total. The van der Waals surface area contributed by atoms with Crippen molar-refractivity contribution >= 4 is 21.9 Å². The summed E-state index contributed by atoms with van der Waals surface area (Å²) in [7, 11) is 0. The largest absolute Gasteiger partial charge is 0.490 e. The fourth-order valence-corrected chi connectivity index (χ4v) is 2.01. The highest BCUT2D eigenvalue weighted by Gasteiger charge is 2.09. The summed E-state index contributed by atoms with van der Waals surface area (Å²) in [5.41, 5.74) is 1.23. The lowest BCUT2D eigenvalue weighted by molar-refractivity contribution is 0.0681. The lowest BCUT2D eigenvalue weighted by Crippen LogP contribution is -2.09. The molecule has 0 spiro atoms. The molecule has 2 aromatic rings. The molecule has 0 aliphatic rings. The van der Waals surface area contributed by atoms with E-state index in [1.54, 1.807) is 18.2 Å². The van der Waals surface area contributed by atoms with Crippen molar-refractivity contribution in [3.63, 3.8) is 0 Å². The van der Waals surface area contributed by atoms with E-state index >= 15 is 0 Å². The van der Waals surface area contributed by atoms with E-state index in [-0.39, 0.29) is 5.56 Å².